The van der Waals surface area contributed by atoms with E-state index >= 15 is 0 Å². The first-order valence-electron chi connectivity index (χ1n) is 25.1. The number of hydrogen-bond acceptors (Lipinski definition) is 13. The molecule has 80 heavy (non-hydrogen) atoms. The number of amides is 4. The monoisotopic (exact) mass is 1140 g/mol. The van der Waals surface area contributed by atoms with E-state index in [1.54, 1.807) is 76.2 Å². The molecule has 0 aromatic heterocycles. The number of esters is 1. The zero-order valence-corrected chi connectivity index (χ0v) is 47.5. The molecule has 418 valence electrons. The molecule has 0 saturated heterocycles. The molecule has 17 nitrogen and oxygen atoms in total. The largest absolute Gasteiger partial charge is 0.506 e. The van der Waals surface area contributed by atoms with Crippen molar-refractivity contribution in [3.63, 3.8) is 0 Å². The van der Waals surface area contributed by atoms with Gasteiger partial charge in [-0.2, -0.15) is 0 Å². The van der Waals surface area contributed by atoms with Crippen molar-refractivity contribution in [2.24, 2.45) is 0 Å². The Morgan fingerprint density at radius 3 is 1.65 bits per heavy atom. The third kappa shape index (κ3) is 15.6. The summed E-state index contributed by atoms with van der Waals surface area (Å²) in [5, 5.41) is 30.1. The number of phenolic OH excluding ortho intramolecular Hbond substituents is 2. The maximum Gasteiger partial charge on any atom is 0.337 e. The highest BCUT2D eigenvalue weighted by molar-refractivity contribution is 7.93. The van der Waals surface area contributed by atoms with Crippen molar-refractivity contribution in [1.29, 1.82) is 0 Å². The van der Waals surface area contributed by atoms with E-state index in [-0.39, 0.29) is 66.6 Å². The van der Waals surface area contributed by atoms with Gasteiger partial charge in [-0.15, -0.1) is 0 Å². The van der Waals surface area contributed by atoms with Crippen molar-refractivity contribution >= 4 is 83.6 Å². The van der Waals surface area contributed by atoms with Crippen molar-refractivity contribution in [3.8, 4) is 23.0 Å². The van der Waals surface area contributed by atoms with Crippen molar-refractivity contribution in [1.82, 2.24) is 0 Å². The minimum Gasteiger partial charge on any atom is -0.506 e. The highest BCUT2D eigenvalue weighted by atomic mass is 35.5. The molecule has 2 unspecified atom stereocenters. The Labute approximate surface area is 470 Å². The Bertz CT molecular complexity index is 3670. The number of carbonyl (C=O) groups excluding carboxylic acids is 5. The number of hydrogen-bond donors (Lipinski definition) is 6. The average Bonchev–Trinajstić information content (AvgIpc) is 3.47. The Hall–Kier alpha value is -8.52. The van der Waals surface area contributed by atoms with Crippen molar-refractivity contribution in [2.45, 2.75) is 82.3 Å². The van der Waals surface area contributed by atoms with E-state index in [1.807, 2.05) is 25.1 Å². The minimum absolute atomic E-state index is 0.0102. The van der Waals surface area contributed by atoms with E-state index in [9.17, 15) is 51.0 Å². The summed E-state index contributed by atoms with van der Waals surface area (Å²) in [7, 11) is -6.69. The summed E-state index contributed by atoms with van der Waals surface area (Å²) >= 11 is 6.29. The van der Waals surface area contributed by atoms with Crippen LogP contribution < -0.4 is 26.0 Å². The van der Waals surface area contributed by atoms with Crippen LogP contribution in [-0.4, -0.2) is 74.8 Å². The lowest BCUT2D eigenvalue weighted by molar-refractivity contribution is -0.116. The summed E-state index contributed by atoms with van der Waals surface area (Å²) in [6.07, 6.45) is 0.990. The van der Waals surface area contributed by atoms with Crippen LogP contribution in [0.1, 0.15) is 98.4 Å². The summed E-state index contributed by atoms with van der Waals surface area (Å²) in [5.74, 6) is -4.02. The summed E-state index contributed by atoms with van der Waals surface area (Å²) in [5.41, 5.74) is 5.26. The zero-order chi connectivity index (χ0) is 58.6. The van der Waals surface area contributed by atoms with Crippen LogP contribution in [0.4, 0.5) is 22.7 Å². The summed E-state index contributed by atoms with van der Waals surface area (Å²) in [4.78, 5) is 63.2. The lowest BCUT2D eigenvalue weighted by Gasteiger charge is -2.18. The molecule has 0 radical (unpaired) electrons. The van der Waals surface area contributed by atoms with Gasteiger partial charge in [0, 0.05) is 29.3 Å². The second kappa shape index (κ2) is 26.4. The lowest BCUT2D eigenvalue weighted by atomic mass is 9.99. The maximum atomic E-state index is 13.2. The predicted molar refractivity (Wildman–Crippen MR) is 309 cm³/mol. The number of nitrogens with one attached hydrogen (secondary N) is 4. The molecule has 20 heteroatoms. The fraction of sp³-hybridized carbons (Fsp3) is 0.217. The molecule has 7 aromatic rings. The SMILES string of the molecule is CCC(C(=O)Nc1cc(O)c(NC(=O)c2ccc(C)cc2)cc1Cl)S(=O)(=O)c1cc(C)cc(C)c1.CCC(C)c1ccc(Oc2cc(NC(=O)c3ccc(C(=O)OC)cc3)c(O)cc2NC(=O)CS(=O)(=O)c2cccc(C)c2)cc1. The standard InChI is InChI=1S/C34H34N2O8S.C26H27ClN2O5S/c1-5-22(3)23-13-15-26(16-14-23)44-31-19-28(36-33(39)24-9-11-25(12-10-24)34(40)43-4)30(37)18-29(31)35-32(38)20-45(41,42)27-8-6-7-21(2)17-27;1-5-24(35(33,34)19-11-16(3)10-17(4)12-19)26(32)28-21-14-23(30)22(13-20(21)27)29-25(31)18-8-6-15(2)7-9-18/h6-19,22,37H,5,20H2,1-4H3,(H,35,38)(H,36,39);6-14,24,30H,5H2,1-4H3,(H,28,32)(H,29,31). The molecule has 0 saturated carbocycles. The number of aryl methyl sites for hydroxylation is 4. The van der Waals surface area contributed by atoms with Gasteiger partial charge < -0.3 is 41.0 Å². The molecule has 0 fully saturated rings. The van der Waals surface area contributed by atoms with Crippen molar-refractivity contribution in [3.05, 3.63) is 189 Å². The summed E-state index contributed by atoms with van der Waals surface area (Å²) in [6, 6.07) is 36.0. The van der Waals surface area contributed by atoms with Crippen LogP contribution >= 0.6 is 11.6 Å². The van der Waals surface area contributed by atoms with Crippen LogP contribution in [-0.2, 0) is 34.0 Å². The van der Waals surface area contributed by atoms with E-state index in [4.69, 9.17) is 16.3 Å². The third-order valence-electron chi connectivity index (χ3n) is 12.6. The van der Waals surface area contributed by atoms with Gasteiger partial charge in [-0.05, 0) is 148 Å². The van der Waals surface area contributed by atoms with E-state index in [0.29, 0.717) is 17.2 Å². The lowest BCUT2D eigenvalue weighted by Crippen LogP contribution is -2.35. The number of sulfone groups is 2. The van der Waals surface area contributed by atoms with E-state index < -0.39 is 66.0 Å². The number of rotatable bonds is 18. The molecular weight excluding hydrogens is 1080 g/mol. The molecule has 0 spiro atoms. The molecule has 6 N–H and O–H groups in total. The predicted octanol–water partition coefficient (Wildman–Crippen LogP) is 11.9. The van der Waals surface area contributed by atoms with Crippen LogP contribution in [0, 0.1) is 27.7 Å². The first-order valence-corrected chi connectivity index (χ1v) is 28.7. The molecule has 7 rings (SSSR count). The second-order valence-corrected chi connectivity index (χ2v) is 23.4. The van der Waals surface area contributed by atoms with Gasteiger partial charge in [-0.25, -0.2) is 21.6 Å². The Kier molecular flexibility index (Phi) is 20.0. The Morgan fingerprint density at radius 2 is 1.10 bits per heavy atom. The summed E-state index contributed by atoms with van der Waals surface area (Å²) < 4.78 is 62.9. The van der Waals surface area contributed by atoms with Crippen LogP contribution in [0.15, 0.2) is 149 Å². The molecule has 2 atom stereocenters. The quantitative estimate of drug-likeness (QED) is 0.0345. The highest BCUT2D eigenvalue weighted by Gasteiger charge is 2.33. The molecule has 0 heterocycles. The molecule has 4 amide bonds. The topological polar surface area (TPSA) is 261 Å². The Balaban J connectivity index is 0.000000266. The second-order valence-electron chi connectivity index (χ2n) is 18.9. The number of anilines is 4. The molecule has 0 aliphatic carbocycles. The molecular formula is C60H61ClN4O13S2. The smallest absolute Gasteiger partial charge is 0.337 e. The number of phenols is 2. The fourth-order valence-electron chi connectivity index (χ4n) is 8.08. The van der Waals surface area contributed by atoms with Crippen LogP contribution in [0.5, 0.6) is 23.0 Å². The van der Waals surface area contributed by atoms with Gasteiger partial charge in [0.1, 0.15) is 28.3 Å². The number of ether oxygens (including phenoxy) is 2. The van der Waals surface area contributed by atoms with E-state index in [0.717, 1.165) is 40.3 Å². The zero-order valence-electron chi connectivity index (χ0n) is 45.1. The van der Waals surface area contributed by atoms with Gasteiger partial charge in [0.05, 0.1) is 50.2 Å². The fourth-order valence-corrected chi connectivity index (χ4v) is 11.3. The van der Waals surface area contributed by atoms with E-state index in [2.05, 4.69) is 39.9 Å². The number of methoxy groups -OCH3 is 1. The van der Waals surface area contributed by atoms with Crippen LogP contribution in [0.2, 0.25) is 5.02 Å². The van der Waals surface area contributed by atoms with E-state index in [1.165, 1.54) is 73.8 Å². The maximum absolute atomic E-state index is 13.2. The van der Waals surface area contributed by atoms with Gasteiger partial charge in [0.15, 0.2) is 25.4 Å². The molecule has 0 aliphatic heterocycles. The molecule has 0 bridgehead atoms. The first kappa shape index (κ1) is 60.7. The summed E-state index contributed by atoms with van der Waals surface area (Å²) in [6.45, 7) is 13.0. The third-order valence-corrected chi connectivity index (χ3v) is 16.7. The van der Waals surface area contributed by atoms with Crippen molar-refractivity contribution in [2.75, 3.05) is 34.1 Å². The van der Waals surface area contributed by atoms with Crippen LogP contribution in [0.3, 0.4) is 0 Å². The van der Waals surface area contributed by atoms with Gasteiger partial charge in [-0.3, -0.25) is 19.2 Å². The van der Waals surface area contributed by atoms with Gasteiger partial charge >= 0.3 is 5.97 Å². The molecule has 0 aliphatic rings. The average molecular weight is 1150 g/mol. The number of carbonyl (C=O) groups is 5. The normalized spacial score (nSPS) is 11.9. The first-order chi connectivity index (χ1) is 37.8. The Morgan fingerprint density at radius 1 is 0.562 bits per heavy atom. The highest BCUT2D eigenvalue weighted by Crippen LogP contribution is 2.40. The number of aromatic hydroxyl groups is 2. The van der Waals surface area contributed by atoms with Gasteiger partial charge in [0.25, 0.3) is 11.8 Å². The van der Waals surface area contributed by atoms with Gasteiger partial charge in [-0.1, -0.05) is 80.4 Å². The number of benzene rings is 7. The van der Waals surface area contributed by atoms with Gasteiger partial charge in [0.2, 0.25) is 11.8 Å². The number of halogens is 1. The minimum atomic E-state index is -3.97. The van der Waals surface area contributed by atoms with Crippen LogP contribution in [0.25, 0.3) is 0 Å². The van der Waals surface area contributed by atoms with Crippen molar-refractivity contribution < 1.29 is 60.5 Å². The molecule has 7 aromatic carbocycles.